The Labute approximate surface area is 173 Å². The quantitative estimate of drug-likeness (QED) is 0.503. The van der Waals surface area contributed by atoms with Gasteiger partial charge in [-0.2, -0.15) is 33.3 Å². The van der Waals surface area contributed by atoms with Crippen LogP contribution in [0.3, 0.4) is 0 Å². The molecule has 0 aliphatic carbocycles. The Bertz CT molecular complexity index is 1250. The summed E-state index contributed by atoms with van der Waals surface area (Å²) in [4.78, 5) is 12.0. The molecule has 0 unspecified atom stereocenters. The largest absolute Gasteiger partial charge is 0.482 e. The van der Waals surface area contributed by atoms with E-state index < -0.39 is 24.3 Å². The summed E-state index contributed by atoms with van der Waals surface area (Å²) in [5.74, 6) is -0.689. The zero-order valence-electron chi connectivity index (χ0n) is 16.2. The van der Waals surface area contributed by atoms with Gasteiger partial charge in [-0.1, -0.05) is 0 Å². The number of nitrogens with zero attached hydrogens (tertiary/aromatic N) is 5. The standard InChI is InChI=1S/C20H16F3N5O3/c1-12-17(26-28(25-12)15-5-3-14(4-6-15)20(21,22)23)10-27-18-8-16(31-11-19(29)30)7-2-13(18)9-24-27/h2-9H,10-11H2,1H3,(H,29,30). The van der Waals surface area contributed by atoms with Crippen molar-refractivity contribution in [1.29, 1.82) is 0 Å². The molecule has 0 bridgehead atoms. The smallest absolute Gasteiger partial charge is 0.416 e. The summed E-state index contributed by atoms with van der Waals surface area (Å²) in [5.41, 5.74) is 1.55. The van der Waals surface area contributed by atoms with Gasteiger partial charge in [-0.25, -0.2) is 4.79 Å². The van der Waals surface area contributed by atoms with Gasteiger partial charge in [0, 0.05) is 11.5 Å². The molecule has 31 heavy (non-hydrogen) atoms. The lowest BCUT2D eigenvalue weighted by Gasteiger charge is -2.07. The van der Waals surface area contributed by atoms with Gasteiger partial charge in [-0.3, -0.25) is 4.68 Å². The Morgan fingerprint density at radius 3 is 2.55 bits per heavy atom. The predicted octanol–water partition coefficient (Wildman–Crippen LogP) is 3.46. The van der Waals surface area contributed by atoms with E-state index in [1.165, 1.54) is 16.9 Å². The second-order valence-corrected chi connectivity index (χ2v) is 6.77. The Morgan fingerprint density at radius 2 is 1.87 bits per heavy atom. The van der Waals surface area contributed by atoms with Crippen LogP contribution in [0.5, 0.6) is 5.75 Å². The number of carboxylic acid groups (broad SMARTS) is 1. The molecule has 0 radical (unpaired) electrons. The lowest BCUT2D eigenvalue weighted by atomic mass is 10.2. The second kappa shape index (κ2) is 7.74. The molecular weight excluding hydrogens is 415 g/mol. The fourth-order valence-electron chi connectivity index (χ4n) is 3.01. The van der Waals surface area contributed by atoms with E-state index in [0.29, 0.717) is 28.3 Å². The van der Waals surface area contributed by atoms with Crippen molar-refractivity contribution in [3.8, 4) is 11.4 Å². The van der Waals surface area contributed by atoms with Crippen molar-refractivity contribution in [3.05, 3.63) is 65.6 Å². The zero-order valence-corrected chi connectivity index (χ0v) is 16.2. The van der Waals surface area contributed by atoms with Gasteiger partial charge in [-0.15, -0.1) is 0 Å². The number of aliphatic carboxylic acids is 1. The topological polar surface area (TPSA) is 95.1 Å². The molecule has 2 aromatic carbocycles. The minimum atomic E-state index is -4.41. The van der Waals surface area contributed by atoms with Gasteiger partial charge >= 0.3 is 12.1 Å². The highest BCUT2D eigenvalue weighted by atomic mass is 19.4. The first kappa shape index (κ1) is 20.4. The average molecular weight is 431 g/mol. The van der Waals surface area contributed by atoms with Crippen molar-refractivity contribution in [3.63, 3.8) is 0 Å². The number of halogens is 3. The Balaban J connectivity index is 1.59. The molecule has 0 atom stereocenters. The molecule has 0 saturated heterocycles. The van der Waals surface area contributed by atoms with Gasteiger partial charge in [0.25, 0.3) is 0 Å². The van der Waals surface area contributed by atoms with Crippen LogP contribution in [0.1, 0.15) is 17.0 Å². The van der Waals surface area contributed by atoms with E-state index in [1.807, 2.05) is 0 Å². The van der Waals surface area contributed by atoms with Crippen LogP contribution in [-0.2, 0) is 17.5 Å². The van der Waals surface area contributed by atoms with Crippen molar-refractivity contribution in [1.82, 2.24) is 24.8 Å². The van der Waals surface area contributed by atoms with Crippen molar-refractivity contribution in [2.75, 3.05) is 6.61 Å². The first-order chi connectivity index (χ1) is 14.7. The minimum Gasteiger partial charge on any atom is -0.482 e. The van der Waals surface area contributed by atoms with Gasteiger partial charge in [-0.05, 0) is 43.3 Å². The molecule has 4 aromatic rings. The maximum absolute atomic E-state index is 12.8. The number of aromatic nitrogens is 5. The highest BCUT2D eigenvalue weighted by Gasteiger charge is 2.30. The number of hydrogen-bond acceptors (Lipinski definition) is 5. The van der Waals surface area contributed by atoms with E-state index in [1.54, 1.807) is 36.0 Å². The van der Waals surface area contributed by atoms with Crippen LogP contribution in [0.15, 0.2) is 48.7 Å². The molecule has 2 heterocycles. The molecule has 0 amide bonds. The van der Waals surface area contributed by atoms with Crippen LogP contribution in [0, 0.1) is 6.92 Å². The third-order valence-electron chi connectivity index (χ3n) is 4.58. The summed E-state index contributed by atoms with van der Waals surface area (Å²) in [7, 11) is 0. The van der Waals surface area contributed by atoms with Crippen molar-refractivity contribution >= 4 is 16.9 Å². The first-order valence-corrected chi connectivity index (χ1v) is 9.11. The SMILES string of the molecule is Cc1nn(-c2ccc(C(F)(F)F)cc2)nc1Cn1ncc2ccc(OCC(=O)O)cc21. The molecule has 160 valence electrons. The van der Waals surface area contributed by atoms with E-state index in [2.05, 4.69) is 15.3 Å². The number of benzene rings is 2. The third-order valence-corrected chi connectivity index (χ3v) is 4.58. The minimum absolute atomic E-state index is 0.262. The summed E-state index contributed by atoms with van der Waals surface area (Å²) >= 11 is 0. The third kappa shape index (κ3) is 4.34. The summed E-state index contributed by atoms with van der Waals surface area (Å²) in [6, 6.07) is 9.68. The number of carbonyl (C=O) groups is 1. The second-order valence-electron chi connectivity index (χ2n) is 6.77. The van der Waals surface area contributed by atoms with Crippen LogP contribution in [0.4, 0.5) is 13.2 Å². The molecule has 0 fully saturated rings. The monoisotopic (exact) mass is 431 g/mol. The number of ether oxygens (including phenoxy) is 1. The Hall–Kier alpha value is -3.89. The van der Waals surface area contributed by atoms with Crippen LogP contribution in [0.2, 0.25) is 0 Å². The Kier molecular flexibility index (Phi) is 5.09. The maximum Gasteiger partial charge on any atom is 0.416 e. The molecule has 4 rings (SSSR count). The molecule has 0 spiro atoms. The summed E-state index contributed by atoms with van der Waals surface area (Å²) in [5, 5.41) is 22.6. The molecule has 11 heteroatoms. The van der Waals surface area contributed by atoms with Crippen LogP contribution in [0.25, 0.3) is 16.6 Å². The van der Waals surface area contributed by atoms with Gasteiger partial charge < -0.3 is 9.84 Å². The Morgan fingerprint density at radius 1 is 1.13 bits per heavy atom. The van der Waals surface area contributed by atoms with Crippen molar-refractivity contribution in [2.45, 2.75) is 19.6 Å². The van der Waals surface area contributed by atoms with Crippen molar-refractivity contribution in [2.24, 2.45) is 0 Å². The summed E-state index contributed by atoms with van der Waals surface area (Å²) in [6.45, 7) is 1.55. The van der Waals surface area contributed by atoms with E-state index in [4.69, 9.17) is 9.84 Å². The molecule has 8 nitrogen and oxygen atoms in total. The van der Waals surface area contributed by atoms with Crippen molar-refractivity contribution < 1.29 is 27.8 Å². The average Bonchev–Trinajstić information content (AvgIpc) is 3.29. The normalized spacial score (nSPS) is 11.7. The van der Waals surface area contributed by atoms with Crippen LogP contribution < -0.4 is 4.74 Å². The molecule has 0 aliphatic heterocycles. The number of fused-ring (bicyclic) bond motifs is 1. The van der Waals surface area contributed by atoms with Crippen LogP contribution >= 0.6 is 0 Å². The fraction of sp³-hybridized carbons (Fsp3) is 0.200. The lowest BCUT2D eigenvalue weighted by molar-refractivity contribution is -0.139. The van der Waals surface area contributed by atoms with E-state index in [-0.39, 0.29) is 6.54 Å². The van der Waals surface area contributed by atoms with Gasteiger partial charge in [0.15, 0.2) is 6.61 Å². The number of carboxylic acids is 1. The van der Waals surface area contributed by atoms with E-state index >= 15 is 0 Å². The summed E-state index contributed by atoms with van der Waals surface area (Å²) < 4.78 is 45.2. The fourth-order valence-corrected chi connectivity index (χ4v) is 3.01. The summed E-state index contributed by atoms with van der Waals surface area (Å²) in [6.07, 6.45) is -2.75. The molecule has 1 N–H and O–H groups in total. The number of alkyl halides is 3. The molecule has 0 saturated carbocycles. The van der Waals surface area contributed by atoms with Gasteiger partial charge in [0.05, 0.1) is 35.2 Å². The number of hydrogen-bond donors (Lipinski definition) is 1. The van der Waals surface area contributed by atoms with Gasteiger partial charge in [0.1, 0.15) is 11.4 Å². The number of rotatable bonds is 6. The highest BCUT2D eigenvalue weighted by Crippen LogP contribution is 2.29. The van der Waals surface area contributed by atoms with E-state index in [9.17, 15) is 18.0 Å². The zero-order chi connectivity index (χ0) is 22.2. The van der Waals surface area contributed by atoms with E-state index in [0.717, 1.165) is 17.5 Å². The number of aryl methyl sites for hydroxylation is 1. The van der Waals surface area contributed by atoms with Gasteiger partial charge in [0.2, 0.25) is 0 Å². The lowest BCUT2D eigenvalue weighted by Crippen LogP contribution is -2.09. The highest BCUT2D eigenvalue weighted by molar-refractivity contribution is 5.80. The maximum atomic E-state index is 12.8. The molecule has 0 aliphatic rings. The molecule has 2 aromatic heterocycles. The predicted molar refractivity (Wildman–Crippen MR) is 103 cm³/mol. The van der Waals surface area contributed by atoms with Crippen LogP contribution in [-0.4, -0.2) is 42.5 Å². The first-order valence-electron chi connectivity index (χ1n) is 9.11. The molecular formula is C20H16F3N5O3.